The molecule has 2 rings (SSSR count). The number of hydrogen-bond acceptors (Lipinski definition) is 4. The molecule has 0 atom stereocenters. The van der Waals surface area contributed by atoms with Crippen molar-refractivity contribution in [3.05, 3.63) is 46.7 Å². The Hall–Kier alpha value is -1.62. The van der Waals surface area contributed by atoms with Crippen LogP contribution in [0.4, 0.5) is 0 Å². The molecule has 0 fully saturated rings. The molecule has 2 aromatic rings. The van der Waals surface area contributed by atoms with Crippen molar-refractivity contribution in [3.8, 4) is 11.8 Å². The zero-order valence-corrected chi connectivity index (χ0v) is 10.8. The van der Waals surface area contributed by atoms with Crippen LogP contribution in [0.3, 0.4) is 0 Å². The Labute approximate surface area is 108 Å². The van der Waals surface area contributed by atoms with E-state index >= 15 is 0 Å². The van der Waals surface area contributed by atoms with Crippen LogP contribution in [0.2, 0.25) is 0 Å². The van der Waals surface area contributed by atoms with Crippen molar-refractivity contribution in [1.29, 1.82) is 0 Å². The van der Waals surface area contributed by atoms with Gasteiger partial charge in [0.15, 0.2) is 0 Å². The Morgan fingerprint density at radius 3 is 2.71 bits per heavy atom. The maximum Gasteiger partial charge on any atom is 0.316 e. The highest BCUT2D eigenvalue weighted by molar-refractivity contribution is 9.10. The molecule has 5 heteroatoms. The minimum Gasteiger partial charge on any atom is -0.497 e. The highest BCUT2D eigenvalue weighted by Gasteiger charge is 2.00. The van der Waals surface area contributed by atoms with Gasteiger partial charge in [-0.3, -0.25) is 0 Å². The molecule has 0 N–H and O–H groups in total. The van der Waals surface area contributed by atoms with E-state index in [1.54, 1.807) is 19.5 Å². The van der Waals surface area contributed by atoms with Gasteiger partial charge in [-0.05, 0) is 33.6 Å². The van der Waals surface area contributed by atoms with Gasteiger partial charge in [0.05, 0.1) is 11.6 Å². The molecule has 4 nitrogen and oxygen atoms in total. The second kappa shape index (κ2) is 5.63. The van der Waals surface area contributed by atoms with Gasteiger partial charge in [0.25, 0.3) is 0 Å². The molecular weight excluding hydrogens is 284 g/mol. The quantitative estimate of drug-likeness (QED) is 0.870. The van der Waals surface area contributed by atoms with Crippen LogP contribution in [0.15, 0.2) is 41.1 Å². The Balaban J connectivity index is 1.99. The van der Waals surface area contributed by atoms with Crippen LogP contribution < -0.4 is 9.47 Å². The number of rotatable bonds is 4. The minimum atomic E-state index is 0.357. The molecule has 1 aromatic carbocycles. The summed E-state index contributed by atoms with van der Waals surface area (Å²) in [5.41, 5.74) is 1.01. The lowest BCUT2D eigenvalue weighted by Crippen LogP contribution is -1.99. The van der Waals surface area contributed by atoms with Crippen molar-refractivity contribution in [2.45, 2.75) is 6.61 Å². The van der Waals surface area contributed by atoms with Gasteiger partial charge in [0, 0.05) is 12.4 Å². The average Bonchev–Trinajstić information content (AvgIpc) is 2.38. The van der Waals surface area contributed by atoms with E-state index in [-0.39, 0.29) is 0 Å². The predicted molar refractivity (Wildman–Crippen MR) is 67.1 cm³/mol. The predicted octanol–water partition coefficient (Wildman–Crippen LogP) is 2.83. The molecule has 0 bridgehead atoms. The van der Waals surface area contributed by atoms with Crippen molar-refractivity contribution < 1.29 is 9.47 Å². The van der Waals surface area contributed by atoms with E-state index < -0.39 is 0 Å². The first-order valence-electron chi connectivity index (χ1n) is 5.01. The number of ether oxygens (including phenoxy) is 2. The Morgan fingerprint density at radius 2 is 2.00 bits per heavy atom. The molecule has 17 heavy (non-hydrogen) atoms. The molecule has 0 saturated carbocycles. The summed E-state index contributed by atoms with van der Waals surface area (Å²) in [6.45, 7) is 0.416. The Bertz CT molecular complexity index is 488. The maximum atomic E-state index is 5.45. The first-order chi connectivity index (χ1) is 8.28. The first-order valence-corrected chi connectivity index (χ1v) is 5.80. The molecule has 0 amide bonds. The van der Waals surface area contributed by atoms with E-state index in [2.05, 4.69) is 25.9 Å². The van der Waals surface area contributed by atoms with Crippen LogP contribution in [0.25, 0.3) is 0 Å². The van der Waals surface area contributed by atoms with Crippen LogP contribution in [0.5, 0.6) is 11.8 Å². The van der Waals surface area contributed by atoms with Gasteiger partial charge in [-0.2, -0.15) is 0 Å². The highest BCUT2D eigenvalue weighted by atomic mass is 79.9. The monoisotopic (exact) mass is 294 g/mol. The van der Waals surface area contributed by atoms with E-state index in [1.165, 1.54) is 0 Å². The molecule has 0 spiro atoms. The minimum absolute atomic E-state index is 0.357. The molecule has 0 aliphatic heterocycles. The first kappa shape index (κ1) is 11.9. The summed E-state index contributed by atoms with van der Waals surface area (Å²) in [5.74, 6) is 0.808. The van der Waals surface area contributed by atoms with E-state index in [1.807, 2.05) is 24.3 Å². The molecule has 88 valence electrons. The molecule has 0 radical (unpaired) electrons. The van der Waals surface area contributed by atoms with Crippen LogP contribution in [0, 0.1) is 0 Å². The third kappa shape index (κ3) is 3.42. The summed E-state index contributed by atoms with van der Waals surface area (Å²) in [4.78, 5) is 8.05. The Kier molecular flexibility index (Phi) is 3.93. The lowest BCUT2D eigenvalue weighted by atomic mass is 10.2. The molecule has 1 aromatic heterocycles. The van der Waals surface area contributed by atoms with Crippen molar-refractivity contribution in [2.24, 2.45) is 0 Å². The van der Waals surface area contributed by atoms with Gasteiger partial charge < -0.3 is 9.47 Å². The number of nitrogens with zero attached hydrogens (tertiary/aromatic N) is 2. The standard InChI is InChI=1S/C12H11BrN2O2/c1-16-11-4-2-3-9(5-11)8-17-12-14-6-10(13)7-15-12/h2-7H,8H2,1H3. The molecule has 0 aliphatic carbocycles. The zero-order valence-electron chi connectivity index (χ0n) is 9.26. The van der Waals surface area contributed by atoms with Gasteiger partial charge in [-0.15, -0.1) is 0 Å². The molecule has 0 unspecified atom stereocenters. The molecule has 0 aliphatic rings. The van der Waals surface area contributed by atoms with Gasteiger partial charge in [0.1, 0.15) is 12.4 Å². The number of methoxy groups -OCH3 is 1. The van der Waals surface area contributed by atoms with E-state index in [0.29, 0.717) is 12.6 Å². The zero-order chi connectivity index (χ0) is 12.1. The third-order valence-electron chi connectivity index (χ3n) is 2.10. The Morgan fingerprint density at radius 1 is 1.24 bits per heavy atom. The smallest absolute Gasteiger partial charge is 0.316 e. The topological polar surface area (TPSA) is 44.2 Å². The number of halogens is 1. The molecule has 0 saturated heterocycles. The lowest BCUT2D eigenvalue weighted by molar-refractivity contribution is 0.279. The fourth-order valence-corrected chi connectivity index (χ4v) is 1.49. The van der Waals surface area contributed by atoms with Gasteiger partial charge in [-0.1, -0.05) is 12.1 Å². The fourth-order valence-electron chi connectivity index (χ4n) is 1.29. The molecule has 1 heterocycles. The summed E-state index contributed by atoms with van der Waals surface area (Å²) in [7, 11) is 1.64. The van der Waals surface area contributed by atoms with Gasteiger partial charge >= 0.3 is 6.01 Å². The van der Waals surface area contributed by atoms with Crippen LogP contribution in [-0.2, 0) is 6.61 Å². The normalized spacial score (nSPS) is 10.0. The fraction of sp³-hybridized carbons (Fsp3) is 0.167. The van der Waals surface area contributed by atoms with E-state index in [9.17, 15) is 0 Å². The van der Waals surface area contributed by atoms with Crippen molar-refractivity contribution in [3.63, 3.8) is 0 Å². The number of hydrogen-bond donors (Lipinski definition) is 0. The third-order valence-corrected chi connectivity index (χ3v) is 2.51. The second-order valence-electron chi connectivity index (χ2n) is 3.32. The van der Waals surface area contributed by atoms with Crippen molar-refractivity contribution in [2.75, 3.05) is 7.11 Å². The van der Waals surface area contributed by atoms with Crippen LogP contribution in [-0.4, -0.2) is 17.1 Å². The maximum absolute atomic E-state index is 5.45. The average molecular weight is 295 g/mol. The van der Waals surface area contributed by atoms with E-state index in [0.717, 1.165) is 15.8 Å². The number of aromatic nitrogens is 2. The second-order valence-corrected chi connectivity index (χ2v) is 4.24. The summed E-state index contributed by atoms with van der Waals surface area (Å²) in [6.07, 6.45) is 3.29. The summed E-state index contributed by atoms with van der Waals surface area (Å²) >= 11 is 3.26. The summed E-state index contributed by atoms with van der Waals surface area (Å²) in [5, 5.41) is 0. The lowest BCUT2D eigenvalue weighted by Gasteiger charge is -2.05. The molecular formula is C12H11BrN2O2. The van der Waals surface area contributed by atoms with Crippen molar-refractivity contribution >= 4 is 15.9 Å². The van der Waals surface area contributed by atoms with Crippen LogP contribution in [0.1, 0.15) is 5.56 Å². The highest BCUT2D eigenvalue weighted by Crippen LogP contribution is 2.14. The van der Waals surface area contributed by atoms with Gasteiger partial charge in [0.2, 0.25) is 0 Å². The SMILES string of the molecule is COc1cccc(COc2ncc(Br)cn2)c1. The van der Waals surface area contributed by atoms with Gasteiger partial charge in [-0.25, -0.2) is 9.97 Å². The van der Waals surface area contributed by atoms with Crippen LogP contribution >= 0.6 is 15.9 Å². The van der Waals surface area contributed by atoms with E-state index in [4.69, 9.17) is 9.47 Å². The van der Waals surface area contributed by atoms with Crippen molar-refractivity contribution in [1.82, 2.24) is 9.97 Å². The largest absolute Gasteiger partial charge is 0.497 e. The number of benzene rings is 1. The summed E-state index contributed by atoms with van der Waals surface area (Å²) in [6, 6.07) is 8.04. The summed E-state index contributed by atoms with van der Waals surface area (Å²) < 4.78 is 11.4.